The third kappa shape index (κ3) is 3.19. The predicted octanol–water partition coefficient (Wildman–Crippen LogP) is 2.97. The predicted molar refractivity (Wildman–Crippen MR) is 88.5 cm³/mol. The molecule has 2 aromatic heterocycles. The van der Waals surface area contributed by atoms with E-state index in [1.54, 1.807) is 6.20 Å². The second-order valence-corrected chi connectivity index (χ2v) is 7.21. The molecule has 0 bridgehead atoms. The summed E-state index contributed by atoms with van der Waals surface area (Å²) in [7, 11) is 0. The van der Waals surface area contributed by atoms with Crippen LogP contribution in [-0.4, -0.2) is 22.7 Å². The highest BCUT2D eigenvalue weighted by Gasteiger charge is 2.33. The fourth-order valence-electron chi connectivity index (χ4n) is 2.90. The molecule has 1 N–H and O–H groups in total. The molecule has 24 heavy (non-hydrogen) atoms. The molecule has 0 saturated heterocycles. The van der Waals surface area contributed by atoms with Crippen molar-refractivity contribution in [2.45, 2.75) is 46.8 Å². The van der Waals surface area contributed by atoms with E-state index in [1.807, 2.05) is 19.1 Å². The van der Waals surface area contributed by atoms with Gasteiger partial charge < -0.3 is 14.6 Å². The Morgan fingerprint density at radius 3 is 2.88 bits per heavy atom. The van der Waals surface area contributed by atoms with E-state index in [-0.39, 0.29) is 17.4 Å². The Kier molecular flexibility index (Phi) is 4.41. The average molecular weight is 329 g/mol. The van der Waals surface area contributed by atoms with Crippen LogP contribution < -0.4 is 5.32 Å². The van der Waals surface area contributed by atoms with Crippen molar-refractivity contribution in [2.75, 3.05) is 6.61 Å². The molecule has 0 fully saturated rings. The lowest BCUT2D eigenvalue weighted by atomic mass is 9.83. The van der Waals surface area contributed by atoms with E-state index < -0.39 is 0 Å². The normalized spacial score (nSPS) is 15.7. The van der Waals surface area contributed by atoms with Crippen LogP contribution in [0.4, 0.5) is 0 Å². The molecular weight excluding hydrogens is 306 g/mol. The molecule has 2 aromatic rings. The number of hydrogen-bond donors (Lipinski definition) is 1. The molecule has 1 amide bonds. The van der Waals surface area contributed by atoms with Gasteiger partial charge in [0.25, 0.3) is 5.91 Å². The van der Waals surface area contributed by atoms with E-state index in [0.717, 1.165) is 22.6 Å². The number of carbonyl (C=O) groups excluding carboxylic acids is 1. The first kappa shape index (κ1) is 16.6. The molecular formula is C18H23N3O3. The van der Waals surface area contributed by atoms with Crippen LogP contribution in [0, 0.1) is 12.3 Å². The van der Waals surface area contributed by atoms with Crippen molar-refractivity contribution in [3.63, 3.8) is 0 Å². The van der Waals surface area contributed by atoms with Crippen molar-refractivity contribution in [1.29, 1.82) is 0 Å². The third-order valence-corrected chi connectivity index (χ3v) is 4.27. The Bertz CT molecular complexity index is 746. The highest BCUT2D eigenvalue weighted by Crippen LogP contribution is 2.33. The summed E-state index contributed by atoms with van der Waals surface area (Å²) in [5, 5.41) is 7.05. The molecule has 1 aliphatic heterocycles. The molecule has 1 unspecified atom stereocenters. The zero-order valence-corrected chi connectivity index (χ0v) is 14.5. The van der Waals surface area contributed by atoms with Crippen molar-refractivity contribution in [2.24, 2.45) is 5.41 Å². The van der Waals surface area contributed by atoms with Gasteiger partial charge in [0.2, 0.25) is 0 Å². The lowest BCUT2D eigenvalue weighted by Gasteiger charge is -2.31. The number of nitrogens with zero attached hydrogens (tertiary/aromatic N) is 2. The number of aryl methyl sites for hydroxylation is 1. The molecule has 6 nitrogen and oxygen atoms in total. The number of pyridine rings is 1. The molecule has 0 saturated carbocycles. The molecule has 3 rings (SSSR count). The Morgan fingerprint density at radius 1 is 1.38 bits per heavy atom. The zero-order valence-electron chi connectivity index (χ0n) is 14.5. The van der Waals surface area contributed by atoms with Crippen LogP contribution in [0.1, 0.15) is 59.9 Å². The smallest absolute Gasteiger partial charge is 0.274 e. The highest BCUT2D eigenvalue weighted by atomic mass is 16.5. The second kappa shape index (κ2) is 6.36. The van der Waals surface area contributed by atoms with Crippen molar-refractivity contribution in [1.82, 2.24) is 15.5 Å². The molecule has 1 aliphatic rings. The lowest BCUT2D eigenvalue weighted by Crippen LogP contribution is -2.38. The first-order valence-electron chi connectivity index (χ1n) is 8.15. The number of amides is 1. The average Bonchev–Trinajstić information content (AvgIpc) is 2.96. The molecule has 1 atom stereocenters. The zero-order chi connectivity index (χ0) is 17.3. The maximum absolute atomic E-state index is 12.8. The lowest BCUT2D eigenvalue weighted by molar-refractivity contribution is 0.0875. The standard InChI is InChI=1S/C18H23N3O3/c1-11-6-5-8-19-14(11)16(18(2,3)4)20-17(22)15-12-10-23-9-7-13(12)24-21-15/h5-6,8,16H,7,9-10H2,1-4H3,(H,20,22). The van der Waals surface area contributed by atoms with Gasteiger partial charge in [-0.2, -0.15) is 0 Å². The van der Waals surface area contributed by atoms with Gasteiger partial charge in [-0.05, 0) is 24.0 Å². The molecule has 0 aromatic carbocycles. The quantitative estimate of drug-likeness (QED) is 0.937. The SMILES string of the molecule is Cc1cccnc1C(NC(=O)c1noc2c1COCC2)C(C)(C)C. The monoisotopic (exact) mass is 329 g/mol. The summed E-state index contributed by atoms with van der Waals surface area (Å²) in [5.41, 5.74) is 2.78. The van der Waals surface area contributed by atoms with E-state index in [2.05, 4.69) is 36.2 Å². The summed E-state index contributed by atoms with van der Waals surface area (Å²) in [5.74, 6) is 0.489. The van der Waals surface area contributed by atoms with Gasteiger partial charge in [-0.1, -0.05) is 32.0 Å². The van der Waals surface area contributed by atoms with Crippen LogP contribution in [0.3, 0.4) is 0 Å². The maximum atomic E-state index is 12.8. The summed E-state index contributed by atoms with van der Waals surface area (Å²) >= 11 is 0. The van der Waals surface area contributed by atoms with Crippen LogP contribution in [0.15, 0.2) is 22.9 Å². The van der Waals surface area contributed by atoms with E-state index in [9.17, 15) is 4.79 Å². The van der Waals surface area contributed by atoms with E-state index in [4.69, 9.17) is 9.26 Å². The van der Waals surface area contributed by atoms with Gasteiger partial charge in [0.15, 0.2) is 5.69 Å². The molecule has 3 heterocycles. The number of hydrogen-bond acceptors (Lipinski definition) is 5. The number of carbonyl (C=O) groups is 1. The minimum atomic E-state index is -0.254. The van der Waals surface area contributed by atoms with Gasteiger partial charge in [-0.25, -0.2) is 0 Å². The molecule has 0 radical (unpaired) electrons. The number of rotatable bonds is 3. The number of fused-ring (bicyclic) bond motifs is 1. The number of nitrogens with one attached hydrogen (secondary N) is 1. The summed E-state index contributed by atoms with van der Waals surface area (Å²) < 4.78 is 10.7. The third-order valence-electron chi connectivity index (χ3n) is 4.27. The molecule has 128 valence electrons. The maximum Gasteiger partial charge on any atom is 0.274 e. The van der Waals surface area contributed by atoms with Gasteiger partial charge in [0.05, 0.1) is 30.5 Å². The fraction of sp³-hybridized carbons (Fsp3) is 0.500. The fourth-order valence-corrected chi connectivity index (χ4v) is 2.90. The van der Waals surface area contributed by atoms with Gasteiger partial charge in [0.1, 0.15) is 5.76 Å². The molecule has 0 spiro atoms. The van der Waals surface area contributed by atoms with E-state index in [0.29, 0.717) is 25.3 Å². The molecule has 6 heteroatoms. The topological polar surface area (TPSA) is 77.3 Å². The van der Waals surface area contributed by atoms with Crippen LogP contribution in [0.5, 0.6) is 0 Å². The Hall–Kier alpha value is -2.21. The van der Waals surface area contributed by atoms with E-state index in [1.165, 1.54) is 0 Å². The van der Waals surface area contributed by atoms with Crippen LogP contribution in [0.25, 0.3) is 0 Å². The largest absolute Gasteiger partial charge is 0.376 e. The Balaban J connectivity index is 1.90. The first-order chi connectivity index (χ1) is 11.4. The van der Waals surface area contributed by atoms with Gasteiger partial charge in [0, 0.05) is 12.6 Å². The van der Waals surface area contributed by atoms with Crippen LogP contribution in [-0.2, 0) is 17.8 Å². The Labute approximate surface area is 141 Å². The van der Waals surface area contributed by atoms with Gasteiger partial charge in [-0.3, -0.25) is 9.78 Å². The van der Waals surface area contributed by atoms with Gasteiger partial charge in [-0.15, -0.1) is 0 Å². The minimum absolute atomic E-state index is 0.199. The minimum Gasteiger partial charge on any atom is -0.376 e. The second-order valence-electron chi connectivity index (χ2n) is 7.21. The van der Waals surface area contributed by atoms with Crippen molar-refractivity contribution in [3.8, 4) is 0 Å². The highest BCUT2D eigenvalue weighted by molar-refractivity contribution is 5.94. The number of aromatic nitrogens is 2. The summed E-state index contributed by atoms with van der Waals surface area (Å²) in [4.78, 5) is 17.3. The van der Waals surface area contributed by atoms with Crippen LogP contribution >= 0.6 is 0 Å². The van der Waals surface area contributed by atoms with Crippen molar-refractivity contribution in [3.05, 3.63) is 46.6 Å². The van der Waals surface area contributed by atoms with Crippen molar-refractivity contribution < 1.29 is 14.1 Å². The first-order valence-corrected chi connectivity index (χ1v) is 8.15. The molecule has 0 aliphatic carbocycles. The van der Waals surface area contributed by atoms with Crippen molar-refractivity contribution >= 4 is 5.91 Å². The van der Waals surface area contributed by atoms with Crippen LogP contribution in [0.2, 0.25) is 0 Å². The number of ether oxygens (including phenoxy) is 1. The summed E-state index contributed by atoms with van der Waals surface area (Å²) in [6.07, 6.45) is 2.40. The summed E-state index contributed by atoms with van der Waals surface area (Å²) in [6.45, 7) is 9.19. The van der Waals surface area contributed by atoms with Gasteiger partial charge >= 0.3 is 0 Å². The van der Waals surface area contributed by atoms with E-state index >= 15 is 0 Å². The Morgan fingerprint density at radius 2 is 2.17 bits per heavy atom. The summed E-state index contributed by atoms with van der Waals surface area (Å²) in [6, 6.07) is 3.66.